The summed E-state index contributed by atoms with van der Waals surface area (Å²) in [5.41, 5.74) is 9.94. The molecule has 0 atom stereocenters. The second-order valence-corrected chi connectivity index (χ2v) is 11.7. The first-order valence-corrected chi connectivity index (χ1v) is 15.4. The number of benzene rings is 7. The van der Waals surface area contributed by atoms with E-state index in [-0.39, 0.29) is 0 Å². The zero-order valence-electron chi connectivity index (χ0n) is 24.3. The summed E-state index contributed by atoms with van der Waals surface area (Å²) in [4.78, 5) is 0. The fourth-order valence-corrected chi connectivity index (χ4v) is 7.39. The van der Waals surface area contributed by atoms with Crippen molar-refractivity contribution in [3.63, 3.8) is 0 Å². The Hall–Kier alpha value is -6.06. The SMILES string of the molecule is c1ccc2c(-n3c4oc5ccccc5c4c4cccc(-c5ccc(-n6c7ccccc7c7ccccc76)cc5)c43)cccc2c1. The maximum absolute atomic E-state index is 6.67. The summed E-state index contributed by atoms with van der Waals surface area (Å²) in [6, 6.07) is 56.4. The minimum Gasteiger partial charge on any atom is -0.439 e. The number of para-hydroxylation sites is 4. The molecule has 0 aliphatic heterocycles. The van der Waals surface area contributed by atoms with Crippen LogP contribution in [0.25, 0.3) is 88.1 Å². The van der Waals surface area contributed by atoms with Crippen LogP contribution in [0, 0.1) is 0 Å². The average molecular weight is 575 g/mol. The predicted molar refractivity (Wildman–Crippen MR) is 188 cm³/mol. The standard InChI is InChI=1S/C42H26N2O/c1-2-13-30-27(11-1)12-9-21-36(30)44-41-31(17-10-18-35(41)40-34-16-5-8-22-39(34)45-42(40)44)28-23-25-29(26-24-28)43-37-19-6-3-14-32(37)33-15-4-7-20-38(33)43/h1-26H. The summed E-state index contributed by atoms with van der Waals surface area (Å²) in [7, 11) is 0. The monoisotopic (exact) mass is 574 g/mol. The van der Waals surface area contributed by atoms with Crippen LogP contribution in [-0.2, 0) is 0 Å². The molecule has 0 N–H and O–H groups in total. The number of rotatable bonds is 3. The molecule has 0 aliphatic rings. The van der Waals surface area contributed by atoms with Crippen molar-refractivity contribution in [2.24, 2.45) is 0 Å². The van der Waals surface area contributed by atoms with Crippen LogP contribution in [-0.4, -0.2) is 9.13 Å². The molecule has 0 radical (unpaired) electrons. The molecule has 3 nitrogen and oxygen atoms in total. The third kappa shape index (κ3) is 3.41. The first-order valence-electron chi connectivity index (χ1n) is 15.4. The van der Waals surface area contributed by atoms with Gasteiger partial charge in [-0.3, -0.25) is 4.57 Å². The van der Waals surface area contributed by atoms with Gasteiger partial charge in [0.2, 0.25) is 5.71 Å². The number of hydrogen-bond donors (Lipinski definition) is 0. The van der Waals surface area contributed by atoms with Crippen LogP contribution in [0.3, 0.4) is 0 Å². The summed E-state index contributed by atoms with van der Waals surface area (Å²) >= 11 is 0. The van der Waals surface area contributed by atoms with E-state index in [4.69, 9.17) is 4.42 Å². The number of hydrogen-bond acceptors (Lipinski definition) is 1. The van der Waals surface area contributed by atoms with Crippen LogP contribution in [0.15, 0.2) is 162 Å². The average Bonchev–Trinajstić information content (AvgIpc) is 3.75. The quantitative estimate of drug-likeness (QED) is 0.206. The molecule has 0 saturated carbocycles. The molecular formula is C42H26N2O. The van der Waals surface area contributed by atoms with Gasteiger partial charge in [-0.2, -0.15) is 0 Å². The second-order valence-electron chi connectivity index (χ2n) is 11.7. The molecule has 3 aromatic heterocycles. The summed E-state index contributed by atoms with van der Waals surface area (Å²) in [6.07, 6.45) is 0. The van der Waals surface area contributed by atoms with E-state index in [0.717, 1.165) is 44.5 Å². The van der Waals surface area contributed by atoms with Crippen molar-refractivity contribution in [3.05, 3.63) is 158 Å². The van der Waals surface area contributed by atoms with E-state index in [1.165, 1.54) is 43.5 Å². The van der Waals surface area contributed by atoms with Crippen molar-refractivity contribution in [2.45, 2.75) is 0 Å². The number of fused-ring (bicyclic) bond motifs is 9. The molecule has 0 spiro atoms. The number of nitrogens with zero attached hydrogens (tertiary/aromatic N) is 2. The third-order valence-electron chi connectivity index (χ3n) is 9.33. The van der Waals surface area contributed by atoms with E-state index in [9.17, 15) is 0 Å². The molecule has 10 aromatic rings. The van der Waals surface area contributed by atoms with Crippen molar-refractivity contribution in [1.82, 2.24) is 9.13 Å². The third-order valence-corrected chi connectivity index (χ3v) is 9.33. The van der Waals surface area contributed by atoms with Crippen molar-refractivity contribution in [1.29, 1.82) is 0 Å². The van der Waals surface area contributed by atoms with E-state index in [1.807, 2.05) is 6.07 Å². The fourth-order valence-electron chi connectivity index (χ4n) is 7.39. The molecule has 0 fully saturated rings. The molecule has 0 unspecified atom stereocenters. The minimum absolute atomic E-state index is 0.872. The Balaban J connectivity index is 1.25. The molecule has 210 valence electrons. The van der Waals surface area contributed by atoms with Gasteiger partial charge in [-0.05, 0) is 47.3 Å². The summed E-state index contributed by atoms with van der Waals surface area (Å²) in [6.45, 7) is 0. The van der Waals surface area contributed by atoms with E-state index in [2.05, 4.69) is 161 Å². The van der Waals surface area contributed by atoms with Gasteiger partial charge in [-0.1, -0.05) is 121 Å². The van der Waals surface area contributed by atoms with Gasteiger partial charge in [0.1, 0.15) is 5.58 Å². The van der Waals surface area contributed by atoms with E-state index < -0.39 is 0 Å². The Bertz CT molecular complexity index is 2700. The number of aromatic nitrogens is 2. The van der Waals surface area contributed by atoms with Crippen molar-refractivity contribution in [2.75, 3.05) is 0 Å². The number of furan rings is 1. The lowest BCUT2D eigenvalue weighted by atomic mass is 10.0. The van der Waals surface area contributed by atoms with Crippen LogP contribution in [0.5, 0.6) is 0 Å². The molecule has 0 amide bonds. The van der Waals surface area contributed by atoms with Gasteiger partial charge < -0.3 is 8.98 Å². The zero-order chi connectivity index (χ0) is 29.5. The Labute approximate surface area is 258 Å². The molecule has 3 heterocycles. The van der Waals surface area contributed by atoms with E-state index >= 15 is 0 Å². The normalized spacial score (nSPS) is 12.0. The first-order chi connectivity index (χ1) is 22.3. The lowest BCUT2D eigenvalue weighted by Gasteiger charge is -2.14. The van der Waals surface area contributed by atoms with Gasteiger partial charge >= 0.3 is 0 Å². The van der Waals surface area contributed by atoms with Gasteiger partial charge in [0, 0.05) is 38.2 Å². The highest BCUT2D eigenvalue weighted by Gasteiger charge is 2.23. The molecule has 0 bridgehead atoms. The largest absolute Gasteiger partial charge is 0.439 e. The highest BCUT2D eigenvalue weighted by Crippen LogP contribution is 2.44. The molecule has 0 saturated heterocycles. The van der Waals surface area contributed by atoms with Crippen LogP contribution in [0.2, 0.25) is 0 Å². The van der Waals surface area contributed by atoms with Gasteiger partial charge in [-0.25, -0.2) is 0 Å². The highest BCUT2D eigenvalue weighted by molar-refractivity contribution is 6.22. The smallest absolute Gasteiger partial charge is 0.213 e. The Morgan fingerprint density at radius 3 is 1.80 bits per heavy atom. The van der Waals surface area contributed by atoms with Crippen molar-refractivity contribution < 1.29 is 4.42 Å². The summed E-state index contributed by atoms with van der Waals surface area (Å²) in [5.74, 6) is 0. The lowest BCUT2D eigenvalue weighted by molar-refractivity contribution is 0.646. The highest BCUT2D eigenvalue weighted by atomic mass is 16.3. The molecule has 45 heavy (non-hydrogen) atoms. The van der Waals surface area contributed by atoms with Crippen LogP contribution in [0.1, 0.15) is 0 Å². The maximum Gasteiger partial charge on any atom is 0.213 e. The Kier molecular flexibility index (Phi) is 5.00. The molecule has 0 aliphatic carbocycles. The van der Waals surface area contributed by atoms with E-state index in [0.29, 0.717) is 0 Å². The van der Waals surface area contributed by atoms with Crippen molar-refractivity contribution in [3.8, 4) is 22.5 Å². The lowest BCUT2D eigenvalue weighted by Crippen LogP contribution is -1.97. The zero-order valence-corrected chi connectivity index (χ0v) is 24.3. The first kappa shape index (κ1) is 24.4. The van der Waals surface area contributed by atoms with Gasteiger partial charge in [0.15, 0.2) is 0 Å². The maximum atomic E-state index is 6.67. The van der Waals surface area contributed by atoms with Crippen molar-refractivity contribution >= 4 is 65.6 Å². The van der Waals surface area contributed by atoms with Gasteiger partial charge in [-0.15, -0.1) is 0 Å². The van der Waals surface area contributed by atoms with Crippen LogP contribution < -0.4 is 0 Å². The van der Waals surface area contributed by atoms with Crippen LogP contribution in [0.4, 0.5) is 0 Å². The van der Waals surface area contributed by atoms with Gasteiger partial charge in [0.05, 0.1) is 27.6 Å². The predicted octanol–water partition coefficient (Wildman–Crippen LogP) is 11.4. The van der Waals surface area contributed by atoms with Crippen LogP contribution >= 0.6 is 0 Å². The summed E-state index contributed by atoms with van der Waals surface area (Å²) < 4.78 is 11.4. The Morgan fingerprint density at radius 2 is 1.02 bits per heavy atom. The van der Waals surface area contributed by atoms with Gasteiger partial charge in [0.25, 0.3) is 0 Å². The minimum atomic E-state index is 0.872. The molecule has 10 rings (SSSR count). The summed E-state index contributed by atoms with van der Waals surface area (Å²) in [5, 5.41) is 8.40. The Morgan fingerprint density at radius 1 is 0.422 bits per heavy atom. The topological polar surface area (TPSA) is 23.0 Å². The van der Waals surface area contributed by atoms with E-state index in [1.54, 1.807) is 0 Å². The molecular weight excluding hydrogens is 548 g/mol. The fraction of sp³-hybridized carbons (Fsp3) is 0. The second kappa shape index (κ2) is 9.22. The molecule has 7 aromatic carbocycles. The molecule has 3 heteroatoms.